The summed E-state index contributed by atoms with van der Waals surface area (Å²) in [5, 5.41) is 9.26. The summed E-state index contributed by atoms with van der Waals surface area (Å²) in [7, 11) is -5.35. The Kier molecular flexibility index (Phi) is 8.36. The standard InChI is InChI=1S/C29H23F5N2O6S/c30-22-23(31)25(33)27(26(34)24(22)32)43(40,41)36-12-9-21(36)28(37)35(20-7-5-19(6-8-20)29(38)39)15-16-1-3-17(4-2-16)18-10-13-42-14-11-18/h1-8,10,21H,9,11-15H2,(H,38,39)/t21-/m1/s1. The van der Waals surface area contributed by atoms with E-state index in [0.717, 1.165) is 17.6 Å². The third-order valence-electron chi connectivity index (χ3n) is 7.31. The third-order valence-corrected chi connectivity index (χ3v) is 9.24. The minimum Gasteiger partial charge on any atom is -0.478 e. The number of carboxylic acid groups (broad SMARTS) is 1. The molecule has 1 fully saturated rings. The number of halogens is 5. The lowest BCUT2D eigenvalue weighted by molar-refractivity contribution is -0.125. The Morgan fingerprint density at radius 3 is 2.02 bits per heavy atom. The number of carbonyl (C=O) groups is 2. The van der Waals surface area contributed by atoms with Crippen molar-refractivity contribution in [3.63, 3.8) is 0 Å². The molecule has 1 atom stereocenters. The summed E-state index contributed by atoms with van der Waals surface area (Å²) in [6.07, 6.45) is 2.57. The summed E-state index contributed by atoms with van der Waals surface area (Å²) in [5.41, 5.74) is 2.74. The highest BCUT2D eigenvalue weighted by atomic mass is 32.2. The van der Waals surface area contributed by atoms with Crippen molar-refractivity contribution in [2.24, 2.45) is 0 Å². The average Bonchev–Trinajstić information content (AvgIpc) is 2.97. The SMILES string of the molecule is O=C(O)c1ccc(N(Cc2ccc(C3=CCOCC3)cc2)C(=O)[C@H]2CCN2S(=O)(=O)c2c(F)c(F)c(F)c(F)c2F)cc1. The van der Waals surface area contributed by atoms with Gasteiger partial charge in [0.05, 0.1) is 25.3 Å². The second kappa shape index (κ2) is 11.9. The van der Waals surface area contributed by atoms with Gasteiger partial charge in [0, 0.05) is 12.2 Å². The van der Waals surface area contributed by atoms with Crippen molar-refractivity contribution in [3.8, 4) is 0 Å². The van der Waals surface area contributed by atoms with Crippen LogP contribution in [0.4, 0.5) is 27.6 Å². The van der Waals surface area contributed by atoms with E-state index < -0.39 is 68.5 Å². The van der Waals surface area contributed by atoms with E-state index in [9.17, 15) is 45.1 Å². The van der Waals surface area contributed by atoms with E-state index in [1.54, 1.807) is 12.1 Å². The second-order valence-corrected chi connectivity index (χ2v) is 11.7. The molecule has 0 unspecified atom stereocenters. The van der Waals surface area contributed by atoms with Crippen molar-refractivity contribution >= 4 is 33.2 Å². The van der Waals surface area contributed by atoms with E-state index in [4.69, 9.17) is 4.74 Å². The number of nitrogens with zero attached hydrogens (tertiary/aromatic N) is 2. The predicted molar refractivity (Wildman–Crippen MR) is 143 cm³/mol. The van der Waals surface area contributed by atoms with Gasteiger partial charge in [0.25, 0.3) is 0 Å². The maximum atomic E-state index is 14.4. The molecule has 2 aliphatic heterocycles. The minimum atomic E-state index is -5.35. The van der Waals surface area contributed by atoms with Gasteiger partial charge in [0.1, 0.15) is 6.04 Å². The molecule has 2 aliphatic rings. The third kappa shape index (κ3) is 5.65. The molecular weight excluding hydrogens is 599 g/mol. The number of carbonyl (C=O) groups excluding carboxylic acids is 1. The van der Waals surface area contributed by atoms with Crippen molar-refractivity contribution in [1.82, 2.24) is 4.31 Å². The first-order valence-electron chi connectivity index (χ1n) is 13.0. The highest BCUT2D eigenvalue weighted by molar-refractivity contribution is 7.89. The molecule has 8 nitrogen and oxygen atoms in total. The number of aromatic carboxylic acids is 1. The summed E-state index contributed by atoms with van der Waals surface area (Å²) >= 11 is 0. The van der Waals surface area contributed by atoms with Gasteiger partial charge in [-0.25, -0.2) is 35.2 Å². The molecule has 14 heteroatoms. The Labute approximate surface area is 242 Å². The van der Waals surface area contributed by atoms with E-state index in [1.807, 2.05) is 18.2 Å². The average molecular weight is 623 g/mol. The topological polar surface area (TPSA) is 104 Å². The number of sulfonamides is 1. The summed E-state index contributed by atoms with van der Waals surface area (Å²) in [4.78, 5) is 24.3. The molecule has 1 saturated heterocycles. The van der Waals surface area contributed by atoms with Crippen LogP contribution in [-0.4, -0.2) is 55.5 Å². The van der Waals surface area contributed by atoms with Gasteiger partial charge in [-0.3, -0.25) is 4.79 Å². The highest BCUT2D eigenvalue weighted by Gasteiger charge is 2.48. The van der Waals surface area contributed by atoms with E-state index in [1.165, 1.54) is 29.2 Å². The second-order valence-electron chi connectivity index (χ2n) is 9.85. The Morgan fingerprint density at radius 1 is 0.907 bits per heavy atom. The molecule has 43 heavy (non-hydrogen) atoms. The summed E-state index contributed by atoms with van der Waals surface area (Å²) in [6, 6.07) is 10.8. The van der Waals surface area contributed by atoms with Crippen LogP contribution in [-0.2, 0) is 26.1 Å². The van der Waals surface area contributed by atoms with E-state index in [-0.39, 0.29) is 24.2 Å². The molecule has 0 bridgehead atoms. The van der Waals surface area contributed by atoms with Gasteiger partial charge >= 0.3 is 5.97 Å². The van der Waals surface area contributed by atoms with Gasteiger partial charge in [0.2, 0.25) is 21.7 Å². The molecule has 226 valence electrons. The molecule has 3 aromatic rings. The number of carboxylic acids is 1. The molecule has 1 amide bonds. The van der Waals surface area contributed by atoms with Crippen molar-refractivity contribution in [2.75, 3.05) is 24.7 Å². The van der Waals surface area contributed by atoms with E-state index in [2.05, 4.69) is 0 Å². The fourth-order valence-electron chi connectivity index (χ4n) is 4.88. The molecule has 5 rings (SSSR count). The molecule has 0 aromatic heterocycles. The zero-order valence-electron chi connectivity index (χ0n) is 22.2. The quantitative estimate of drug-likeness (QED) is 0.218. The van der Waals surface area contributed by atoms with Gasteiger partial charge in [-0.05, 0) is 53.8 Å². The molecular formula is C29H23F5N2O6S. The van der Waals surface area contributed by atoms with Crippen LogP contribution in [0.15, 0.2) is 59.5 Å². The number of hydrogen-bond donors (Lipinski definition) is 1. The predicted octanol–water partition coefficient (Wildman–Crippen LogP) is 4.88. The molecule has 0 spiro atoms. The van der Waals surface area contributed by atoms with Crippen LogP contribution in [0.1, 0.15) is 34.3 Å². The zero-order chi connectivity index (χ0) is 31.1. The van der Waals surface area contributed by atoms with Crippen molar-refractivity contribution in [3.05, 3.63) is 100 Å². The monoisotopic (exact) mass is 622 g/mol. The Morgan fingerprint density at radius 2 is 1.51 bits per heavy atom. The fourth-order valence-corrected chi connectivity index (χ4v) is 6.63. The van der Waals surface area contributed by atoms with Crippen molar-refractivity contribution in [1.29, 1.82) is 0 Å². The van der Waals surface area contributed by atoms with Crippen LogP contribution in [0.2, 0.25) is 0 Å². The molecule has 3 aromatic carbocycles. The lowest BCUT2D eigenvalue weighted by Crippen LogP contribution is -2.59. The number of hydrogen-bond acceptors (Lipinski definition) is 5. The summed E-state index contributed by atoms with van der Waals surface area (Å²) in [6.45, 7) is 0.531. The van der Waals surface area contributed by atoms with Crippen molar-refractivity contribution in [2.45, 2.75) is 30.3 Å². The lowest BCUT2D eigenvalue weighted by Gasteiger charge is -2.41. The fraction of sp³-hybridized carbons (Fsp3) is 0.241. The number of rotatable bonds is 8. The van der Waals surface area contributed by atoms with Crippen LogP contribution in [0.5, 0.6) is 0 Å². The largest absolute Gasteiger partial charge is 0.478 e. The zero-order valence-corrected chi connectivity index (χ0v) is 23.0. The Bertz CT molecular complexity index is 1700. The number of anilines is 1. The molecule has 0 radical (unpaired) electrons. The van der Waals surface area contributed by atoms with E-state index in [0.29, 0.717) is 23.1 Å². The molecule has 0 aliphatic carbocycles. The van der Waals surface area contributed by atoms with Crippen LogP contribution in [0.3, 0.4) is 0 Å². The van der Waals surface area contributed by atoms with Gasteiger partial charge in [-0.15, -0.1) is 0 Å². The number of amides is 1. The smallest absolute Gasteiger partial charge is 0.335 e. The van der Waals surface area contributed by atoms with Crippen LogP contribution >= 0.6 is 0 Å². The van der Waals surface area contributed by atoms with Crippen molar-refractivity contribution < 1.29 is 49.8 Å². The van der Waals surface area contributed by atoms with Gasteiger partial charge in [0.15, 0.2) is 28.2 Å². The summed E-state index contributed by atoms with van der Waals surface area (Å²) in [5.74, 6) is -14.5. The summed E-state index contributed by atoms with van der Waals surface area (Å²) < 4.78 is 102. The molecule has 1 N–H and O–H groups in total. The lowest BCUT2D eigenvalue weighted by atomic mass is 9.99. The first-order valence-corrected chi connectivity index (χ1v) is 14.4. The first kappa shape index (κ1) is 30.3. The first-order chi connectivity index (χ1) is 20.4. The van der Waals surface area contributed by atoms with Crippen LogP contribution in [0.25, 0.3) is 5.57 Å². The highest BCUT2D eigenvalue weighted by Crippen LogP contribution is 2.35. The van der Waals surface area contributed by atoms with E-state index >= 15 is 0 Å². The number of ether oxygens (including phenoxy) is 1. The minimum absolute atomic E-state index is 0.0793. The maximum absolute atomic E-state index is 14.4. The number of benzene rings is 3. The van der Waals surface area contributed by atoms with Gasteiger partial charge < -0.3 is 14.7 Å². The Hall–Kier alpha value is -4.14. The normalized spacial score (nSPS) is 17.2. The Balaban J connectivity index is 1.47. The molecule has 0 saturated carbocycles. The van der Waals surface area contributed by atoms with Crippen LogP contribution < -0.4 is 4.90 Å². The van der Waals surface area contributed by atoms with Crippen LogP contribution in [0, 0.1) is 29.1 Å². The maximum Gasteiger partial charge on any atom is 0.335 e. The van der Waals surface area contributed by atoms with Gasteiger partial charge in [-0.2, -0.15) is 4.31 Å². The van der Waals surface area contributed by atoms with Gasteiger partial charge in [-0.1, -0.05) is 30.3 Å². The molecule has 2 heterocycles.